The Bertz CT molecular complexity index is 2130. The van der Waals surface area contributed by atoms with Crippen LogP contribution in [0, 0.1) is 0 Å². The van der Waals surface area contributed by atoms with Crippen molar-refractivity contribution in [3.05, 3.63) is 107 Å². The summed E-state index contributed by atoms with van der Waals surface area (Å²) in [7, 11) is -10.0. The predicted octanol–water partition coefficient (Wildman–Crippen LogP) is 14.7. The number of hydrogen-bond donors (Lipinski definition) is 0. The Morgan fingerprint density at radius 1 is 0.364 bits per heavy atom. The summed E-state index contributed by atoms with van der Waals surface area (Å²) in [6.07, 6.45) is 45.0. The summed E-state index contributed by atoms with van der Waals surface area (Å²) >= 11 is 0. The van der Waals surface area contributed by atoms with E-state index in [0.29, 0.717) is 38.5 Å². The Morgan fingerprint density at radius 2 is 0.597 bits per heavy atom. The maximum Gasteiger partial charge on any atom is 2.00 e. The largest absolute Gasteiger partial charge is 2.00 e. The van der Waals surface area contributed by atoms with Gasteiger partial charge in [0, 0.05) is 0 Å². The average molecular weight is 1140 g/mol. The topological polar surface area (TPSA) is 220 Å². The van der Waals surface area contributed by atoms with Gasteiger partial charge in [0.25, 0.3) is 0 Å². The maximum atomic E-state index is 12.8. The second-order valence-corrected chi connectivity index (χ2v) is 21.4. The van der Waals surface area contributed by atoms with Crippen LogP contribution in [0.5, 0.6) is 0 Å². The first-order chi connectivity index (χ1) is 36.6. The second-order valence-electron chi connectivity index (χ2n) is 18.7. The monoisotopic (exact) mass is 1140 g/mol. The fourth-order valence-electron chi connectivity index (χ4n) is 7.70. The molecule has 428 valence electrons. The van der Waals surface area contributed by atoms with E-state index in [1.54, 1.807) is 0 Å². The Balaban J connectivity index is 0.00000148. The Labute approximate surface area is 493 Å². The number of hydrogen-bond acceptors (Lipinski definition) is 14. The quantitative estimate of drug-likeness (QED) is 0.0151. The Hall–Kier alpha value is -3.64. The summed E-state index contributed by atoms with van der Waals surface area (Å²) < 4.78 is 91.7. The fourth-order valence-corrected chi connectivity index (χ4v) is 9.08. The molecule has 17 heteroatoms. The Kier molecular flexibility index (Phi) is 45.0. The van der Waals surface area contributed by atoms with Gasteiger partial charge in [0.2, 0.25) is 0 Å². The first-order valence-electron chi connectivity index (χ1n) is 28.1. The van der Waals surface area contributed by atoms with Crippen molar-refractivity contribution in [2.24, 2.45) is 0 Å². The molecule has 0 saturated carbocycles. The zero-order valence-electron chi connectivity index (χ0n) is 46.9. The summed E-state index contributed by atoms with van der Waals surface area (Å²) in [6.45, 7) is 8.97. The number of benzene rings is 2. The van der Waals surface area contributed by atoms with Crippen molar-refractivity contribution in [2.75, 3.05) is 26.4 Å². The molecule has 0 bridgehead atoms. The summed E-state index contributed by atoms with van der Waals surface area (Å²) in [5, 5.41) is 0. The van der Waals surface area contributed by atoms with Crippen molar-refractivity contribution in [1.82, 2.24) is 0 Å². The zero-order chi connectivity index (χ0) is 56.1. The summed E-state index contributed by atoms with van der Waals surface area (Å²) in [5.41, 5.74) is -1.70. The third-order valence-corrected chi connectivity index (χ3v) is 13.8. The first kappa shape index (κ1) is 73.4. The molecule has 0 radical (unpaired) electrons. The molecule has 0 fully saturated rings. The molecular formula is C60H90CaO14S2. The van der Waals surface area contributed by atoms with Crippen LogP contribution >= 0.6 is 0 Å². The number of unbranched alkanes of at least 4 members (excludes halogenated alkanes) is 20. The average Bonchev–Trinajstić information content (AvgIpc) is 3.39. The van der Waals surface area contributed by atoms with Crippen LogP contribution in [0.3, 0.4) is 0 Å². The minimum absolute atomic E-state index is 0. The predicted molar refractivity (Wildman–Crippen MR) is 304 cm³/mol. The van der Waals surface area contributed by atoms with Gasteiger partial charge in [0.05, 0.1) is 58.5 Å². The van der Waals surface area contributed by atoms with E-state index in [0.717, 1.165) is 76.3 Å². The van der Waals surface area contributed by atoms with Crippen molar-refractivity contribution in [3.8, 4) is 0 Å². The van der Waals surface area contributed by atoms with E-state index >= 15 is 0 Å². The van der Waals surface area contributed by atoms with Gasteiger partial charge in [-0.05, 0) is 127 Å². The van der Waals surface area contributed by atoms with Crippen molar-refractivity contribution >= 4 is 81.9 Å². The van der Waals surface area contributed by atoms with E-state index in [1.807, 2.05) is 12.2 Å². The van der Waals surface area contributed by atoms with Crippen molar-refractivity contribution in [2.45, 2.75) is 217 Å². The molecule has 14 nitrogen and oxygen atoms in total. The van der Waals surface area contributed by atoms with Crippen LogP contribution in [0.1, 0.15) is 249 Å². The van der Waals surface area contributed by atoms with Gasteiger partial charge in [-0.2, -0.15) is 0 Å². The van der Waals surface area contributed by atoms with Crippen LogP contribution in [0.15, 0.2) is 94.8 Å². The Morgan fingerprint density at radius 3 is 0.831 bits per heavy atom. The number of carbonyl (C=O) groups is 4. The molecule has 0 heterocycles. The molecule has 0 atom stereocenters. The van der Waals surface area contributed by atoms with Gasteiger partial charge in [0.1, 0.15) is 20.2 Å². The van der Waals surface area contributed by atoms with Gasteiger partial charge in [-0.1, -0.05) is 165 Å². The van der Waals surface area contributed by atoms with Gasteiger partial charge in [-0.15, -0.1) is 0 Å². The van der Waals surface area contributed by atoms with E-state index < -0.39 is 65.0 Å². The van der Waals surface area contributed by atoms with E-state index in [-0.39, 0.29) is 75.3 Å². The van der Waals surface area contributed by atoms with E-state index in [9.17, 15) is 45.1 Å². The summed E-state index contributed by atoms with van der Waals surface area (Å²) in [6, 6.07) is 7.02. The molecule has 77 heavy (non-hydrogen) atoms. The first-order valence-corrected chi connectivity index (χ1v) is 30.9. The van der Waals surface area contributed by atoms with Crippen molar-refractivity contribution in [3.63, 3.8) is 0 Å². The summed E-state index contributed by atoms with van der Waals surface area (Å²) in [4.78, 5) is 49.3. The molecule has 2 aromatic carbocycles. The molecule has 0 aromatic heterocycles. The van der Waals surface area contributed by atoms with Gasteiger partial charge in [-0.3, -0.25) is 0 Å². The number of allylic oxidation sites excluding steroid dienone is 8. The third kappa shape index (κ3) is 35.6. The molecule has 0 spiro atoms. The van der Waals surface area contributed by atoms with Gasteiger partial charge >= 0.3 is 61.6 Å². The van der Waals surface area contributed by atoms with E-state index in [4.69, 9.17) is 18.9 Å². The van der Waals surface area contributed by atoms with Gasteiger partial charge in [0.15, 0.2) is 0 Å². The van der Waals surface area contributed by atoms with Crippen molar-refractivity contribution in [1.29, 1.82) is 0 Å². The zero-order valence-corrected chi connectivity index (χ0v) is 50.8. The number of carbonyl (C=O) groups excluding carboxylic acids is 4. The van der Waals surface area contributed by atoms with E-state index in [1.165, 1.54) is 101 Å². The molecule has 0 amide bonds. The molecule has 0 unspecified atom stereocenters. The number of ether oxygens (including phenoxy) is 4. The minimum Gasteiger partial charge on any atom is -0.744 e. The smallest absolute Gasteiger partial charge is 0.744 e. The molecule has 0 aliphatic heterocycles. The maximum absolute atomic E-state index is 12.8. The van der Waals surface area contributed by atoms with Crippen molar-refractivity contribution < 1.29 is 64.1 Å². The number of esters is 4. The second kappa shape index (κ2) is 47.2. The number of rotatable bonds is 42. The molecular weight excluding hydrogens is 1050 g/mol. The minimum atomic E-state index is -5.01. The van der Waals surface area contributed by atoms with Crippen LogP contribution in [0.25, 0.3) is 0 Å². The molecule has 0 N–H and O–H groups in total. The van der Waals surface area contributed by atoms with Gasteiger partial charge in [-0.25, -0.2) is 36.0 Å². The van der Waals surface area contributed by atoms with Crippen LogP contribution in [0.4, 0.5) is 0 Å². The fraction of sp³-hybridized carbons (Fsp3) is 0.600. The standard InChI is InChI=1S/2C30H46O7S.Ca/c2*1-3-5-7-9-11-13-15-17-19-24-36-29(31)26-22-21-23-27(38(33,34)35)28(26)30(32)37-25-20-18-16-14-12-10-8-6-4-2;/h2*13-16,21-23H,3-12,17-20,24-25H2,1-2H3,(H,33,34,35);/q;;+2/p-2/b2*15-13+,16-14+;. The molecule has 0 saturated heterocycles. The molecule has 2 rings (SSSR count). The van der Waals surface area contributed by atoms with Crippen LogP contribution in [-0.2, 0) is 39.2 Å². The van der Waals surface area contributed by atoms with Crippen LogP contribution < -0.4 is 0 Å². The SMILES string of the molecule is CCCCCC/C=C/CCCOC(=O)c1cccc(S(=O)(=O)[O-])c1C(=O)OCCC/C=C/CCCCCC.CCCCCC/C=C/CCCOC(=O)c1cccc(S(=O)(=O)[O-])c1C(=O)OCCC/C=C/CCCCCC.[Ca+2]. The van der Waals surface area contributed by atoms with Crippen LogP contribution in [-0.4, -0.2) is 114 Å². The molecule has 2 aromatic rings. The molecule has 0 aliphatic carbocycles. The molecule has 0 aliphatic rings. The van der Waals surface area contributed by atoms with Gasteiger partial charge < -0.3 is 28.1 Å². The third-order valence-electron chi connectivity index (χ3n) is 12.0. The van der Waals surface area contributed by atoms with E-state index in [2.05, 4.69) is 64.2 Å². The summed E-state index contributed by atoms with van der Waals surface area (Å²) in [5.74, 6) is -3.78. The normalized spacial score (nSPS) is 11.7. The van der Waals surface area contributed by atoms with Crippen LogP contribution in [0.2, 0.25) is 0 Å².